The normalized spacial score (nSPS) is 11.0. The summed E-state index contributed by atoms with van der Waals surface area (Å²) < 4.78 is 6.77. The molecule has 4 aromatic heterocycles. The lowest BCUT2D eigenvalue weighted by Gasteiger charge is -2.09. The van der Waals surface area contributed by atoms with Gasteiger partial charge in [-0.3, -0.25) is 14.6 Å². The van der Waals surface area contributed by atoms with Crippen molar-refractivity contribution in [3.8, 4) is 27.8 Å². The molecule has 0 aliphatic rings. The molecule has 0 radical (unpaired) electrons. The summed E-state index contributed by atoms with van der Waals surface area (Å²) in [6, 6.07) is 16.5. The lowest BCUT2D eigenvalue weighted by molar-refractivity contribution is 0.101. The van der Waals surface area contributed by atoms with E-state index in [-0.39, 0.29) is 17.2 Å². The second-order valence-electron chi connectivity index (χ2n) is 7.51. The lowest BCUT2D eigenvalue weighted by atomic mass is 10.1. The van der Waals surface area contributed by atoms with Crippen LogP contribution >= 0.6 is 11.3 Å². The number of aromatic amines is 1. The molecule has 0 bridgehead atoms. The molecule has 5 aromatic rings. The Hall–Kier alpha value is -4.31. The van der Waals surface area contributed by atoms with E-state index in [9.17, 15) is 9.59 Å². The van der Waals surface area contributed by atoms with Crippen molar-refractivity contribution in [1.82, 2.24) is 24.9 Å². The quantitative estimate of drug-likeness (QED) is 0.377. The molecule has 2 N–H and O–H groups in total. The van der Waals surface area contributed by atoms with Crippen molar-refractivity contribution in [2.24, 2.45) is 0 Å². The number of nitrogens with zero attached hydrogens (tertiary/aromatic N) is 4. The van der Waals surface area contributed by atoms with Crippen molar-refractivity contribution in [1.29, 1.82) is 0 Å². The molecule has 0 saturated heterocycles. The van der Waals surface area contributed by atoms with Gasteiger partial charge in [-0.05, 0) is 24.8 Å². The van der Waals surface area contributed by atoms with E-state index in [0.717, 1.165) is 10.4 Å². The van der Waals surface area contributed by atoms with E-state index < -0.39 is 5.91 Å². The summed E-state index contributed by atoms with van der Waals surface area (Å²) in [6.07, 6.45) is 0.563. The first kappa shape index (κ1) is 21.5. The molecule has 0 unspecified atom stereocenters. The Bertz CT molecular complexity index is 1520. The Morgan fingerprint density at radius 1 is 1.18 bits per heavy atom. The molecule has 0 spiro atoms. The van der Waals surface area contributed by atoms with Crippen molar-refractivity contribution < 1.29 is 9.32 Å². The van der Waals surface area contributed by atoms with E-state index in [1.165, 1.54) is 16.0 Å². The standard InChI is InChI=1S/C24H20N6O3S/c1-3-16-14(2)25-24(27-22(16)31)30-21(13-17(28-30)20-10-7-11-34-20)26-23(32)18-12-19(33-29-18)15-8-5-4-6-9-15/h4-13H,3H2,1-2H3,(H,26,32)(H,25,27,31). The summed E-state index contributed by atoms with van der Waals surface area (Å²) in [5.41, 5.74) is 2.54. The van der Waals surface area contributed by atoms with Gasteiger partial charge in [0, 0.05) is 29.0 Å². The smallest absolute Gasteiger partial charge is 0.279 e. The Morgan fingerprint density at radius 3 is 2.71 bits per heavy atom. The van der Waals surface area contributed by atoms with Gasteiger partial charge in [-0.2, -0.15) is 9.78 Å². The zero-order valence-electron chi connectivity index (χ0n) is 18.4. The van der Waals surface area contributed by atoms with E-state index in [1.54, 1.807) is 19.1 Å². The summed E-state index contributed by atoms with van der Waals surface area (Å²) in [5.74, 6) is 0.553. The van der Waals surface area contributed by atoms with Crippen LogP contribution in [0.15, 0.2) is 69.3 Å². The molecule has 9 nitrogen and oxygen atoms in total. The minimum absolute atomic E-state index is 0.114. The van der Waals surface area contributed by atoms with E-state index in [0.29, 0.717) is 35.0 Å². The Morgan fingerprint density at radius 2 is 2.00 bits per heavy atom. The number of benzene rings is 1. The van der Waals surface area contributed by atoms with Gasteiger partial charge in [0.1, 0.15) is 11.5 Å². The maximum atomic E-state index is 13.0. The van der Waals surface area contributed by atoms with Crippen molar-refractivity contribution in [3.63, 3.8) is 0 Å². The van der Waals surface area contributed by atoms with Crippen LogP contribution in [0.1, 0.15) is 28.7 Å². The highest BCUT2D eigenvalue weighted by Gasteiger charge is 2.20. The van der Waals surface area contributed by atoms with Crippen LogP contribution in [-0.2, 0) is 6.42 Å². The zero-order chi connectivity index (χ0) is 23.7. The number of carbonyl (C=O) groups excluding carboxylic acids is 1. The van der Waals surface area contributed by atoms with Gasteiger partial charge >= 0.3 is 0 Å². The summed E-state index contributed by atoms with van der Waals surface area (Å²) in [6.45, 7) is 3.68. The molecule has 1 amide bonds. The summed E-state index contributed by atoms with van der Waals surface area (Å²) >= 11 is 1.51. The summed E-state index contributed by atoms with van der Waals surface area (Å²) in [7, 11) is 0. The van der Waals surface area contributed by atoms with Crippen molar-refractivity contribution in [2.75, 3.05) is 5.32 Å². The maximum Gasteiger partial charge on any atom is 0.279 e. The van der Waals surface area contributed by atoms with Gasteiger partial charge in [-0.1, -0.05) is 48.5 Å². The number of hydrogen-bond acceptors (Lipinski definition) is 7. The third-order valence-corrected chi connectivity index (χ3v) is 6.18. The van der Waals surface area contributed by atoms with Crippen LogP contribution in [0.2, 0.25) is 0 Å². The second-order valence-corrected chi connectivity index (χ2v) is 8.46. The van der Waals surface area contributed by atoms with Gasteiger partial charge < -0.3 is 9.84 Å². The maximum absolute atomic E-state index is 13.0. The predicted octanol–water partition coefficient (Wildman–Crippen LogP) is 4.46. The van der Waals surface area contributed by atoms with Crippen LogP contribution in [0.5, 0.6) is 0 Å². The van der Waals surface area contributed by atoms with Crippen LogP contribution in [-0.4, -0.2) is 30.8 Å². The van der Waals surface area contributed by atoms with Crippen LogP contribution in [0.4, 0.5) is 5.82 Å². The third kappa shape index (κ3) is 4.06. The molecule has 34 heavy (non-hydrogen) atoms. The number of rotatable bonds is 6. The number of aromatic nitrogens is 5. The first-order chi connectivity index (χ1) is 16.5. The topological polar surface area (TPSA) is 119 Å². The van der Waals surface area contributed by atoms with E-state index in [4.69, 9.17) is 4.52 Å². The van der Waals surface area contributed by atoms with Gasteiger partial charge in [0.2, 0.25) is 5.95 Å². The third-order valence-electron chi connectivity index (χ3n) is 5.29. The van der Waals surface area contributed by atoms with Gasteiger partial charge in [0.05, 0.1) is 4.88 Å². The Labute approximate surface area is 198 Å². The molecule has 1 aromatic carbocycles. The van der Waals surface area contributed by atoms with Crippen LogP contribution in [0, 0.1) is 6.92 Å². The molecule has 0 atom stereocenters. The predicted molar refractivity (Wildman–Crippen MR) is 129 cm³/mol. The number of H-pyrrole nitrogens is 1. The van der Waals surface area contributed by atoms with Crippen LogP contribution < -0.4 is 10.9 Å². The average Bonchev–Trinajstić information content (AvgIpc) is 3.60. The Balaban J connectivity index is 1.52. The highest BCUT2D eigenvalue weighted by molar-refractivity contribution is 7.13. The molecule has 5 rings (SSSR count). The van der Waals surface area contributed by atoms with Gasteiger partial charge in [0.25, 0.3) is 11.5 Å². The number of anilines is 1. The highest BCUT2D eigenvalue weighted by Crippen LogP contribution is 2.28. The summed E-state index contributed by atoms with van der Waals surface area (Å²) in [4.78, 5) is 33.8. The first-order valence-electron chi connectivity index (χ1n) is 10.6. The zero-order valence-corrected chi connectivity index (χ0v) is 19.2. The fourth-order valence-electron chi connectivity index (χ4n) is 3.59. The number of thiophene rings is 1. The fourth-order valence-corrected chi connectivity index (χ4v) is 4.27. The SMILES string of the molecule is CCc1c(C)nc(-n2nc(-c3cccs3)cc2NC(=O)c2cc(-c3ccccc3)on2)[nH]c1=O. The van der Waals surface area contributed by atoms with Gasteiger partial charge in [-0.25, -0.2) is 4.98 Å². The number of aryl methyl sites for hydroxylation is 1. The van der Waals surface area contributed by atoms with Crippen molar-refractivity contribution >= 4 is 23.1 Å². The minimum Gasteiger partial charge on any atom is -0.355 e. The van der Waals surface area contributed by atoms with Crippen LogP contribution in [0.25, 0.3) is 27.8 Å². The molecule has 4 heterocycles. The monoisotopic (exact) mass is 472 g/mol. The van der Waals surface area contributed by atoms with Crippen molar-refractivity contribution in [3.05, 3.63) is 87.3 Å². The second kappa shape index (κ2) is 8.91. The van der Waals surface area contributed by atoms with E-state index in [1.807, 2.05) is 54.8 Å². The fraction of sp³-hybridized carbons (Fsp3) is 0.125. The molecular formula is C24H20N6O3S. The molecular weight excluding hydrogens is 452 g/mol. The largest absolute Gasteiger partial charge is 0.355 e. The molecule has 0 fully saturated rings. The molecule has 0 aliphatic heterocycles. The first-order valence-corrected chi connectivity index (χ1v) is 11.5. The number of amides is 1. The van der Waals surface area contributed by atoms with Gasteiger partial charge in [0.15, 0.2) is 11.5 Å². The van der Waals surface area contributed by atoms with Gasteiger partial charge in [-0.15, -0.1) is 11.3 Å². The van der Waals surface area contributed by atoms with Crippen LogP contribution in [0.3, 0.4) is 0 Å². The lowest BCUT2D eigenvalue weighted by Crippen LogP contribution is -2.22. The summed E-state index contributed by atoms with van der Waals surface area (Å²) in [5, 5.41) is 13.3. The highest BCUT2D eigenvalue weighted by atomic mass is 32.1. The average molecular weight is 473 g/mol. The molecule has 10 heteroatoms. The minimum atomic E-state index is -0.478. The van der Waals surface area contributed by atoms with Crippen molar-refractivity contribution in [2.45, 2.75) is 20.3 Å². The molecule has 0 aliphatic carbocycles. The number of nitrogens with one attached hydrogen (secondary N) is 2. The number of hydrogen-bond donors (Lipinski definition) is 2. The van der Waals surface area contributed by atoms with E-state index in [2.05, 4.69) is 25.5 Å². The number of carbonyl (C=O) groups is 1. The molecule has 0 saturated carbocycles. The molecule has 170 valence electrons. The van der Waals surface area contributed by atoms with E-state index >= 15 is 0 Å². The Kier molecular flexibility index (Phi) is 5.64.